The van der Waals surface area contributed by atoms with E-state index in [1.165, 1.54) is 25.7 Å². The van der Waals surface area contributed by atoms with E-state index in [2.05, 4.69) is 5.32 Å². The van der Waals surface area contributed by atoms with E-state index >= 15 is 0 Å². The van der Waals surface area contributed by atoms with Crippen LogP contribution < -0.4 is 10.1 Å². The van der Waals surface area contributed by atoms with Crippen LogP contribution in [-0.2, 0) is 0 Å². The molecule has 19 heavy (non-hydrogen) atoms. The Balaban J connectivity index is 1.55. The van der Waals surface area contributed by atoms with Crippen molar-refractivity contribution in [2.45, 2.75) is 37.8 Å². The third-order valence-corrected chi connectivity index (χ3v) is 4.29. The van der Waals surface area contributed by atoms with Crippen LogP contribution in [0.5, 0.6) is 5.75 Å². The number of nitrogens with one attached hydrogen (secondary N) is 1. The molecule has 2 fully saturated rings. The van der Waals surface area contributed by atoms with E-state index in [1.807, 2.05) is 24.3 Å². The second-order valence-corrected chi connectivity index (χ2v) is 5.90. The number of aliphatic hydroxyl groups excluding tert-OH is 1. The first-order valence-corrected chi connectivity index (χ1v) is 7.33. The summed E-state index contributed by atoms with van der Waals surface area (Å²) in [5.74, 6) is 2.53. The lowest BCUT2D eigenvalue weighted by atomic mass is 10.1. The van der Waals surface area contributed by atoms with Crippen LogP contribution in [0.15, 0.2) is 24.3 Å². The van der Waals surface area contributed by atoms with E-state index in [-0.39, 0.29) is 0 Å². The molecule has 3 nitrogen and oxygen atoms in total. The Hall–Kier alpha value is -1.06. The molecule has 1 aromatic rings. The number of ether oxygens (including phenoxy) is 1. The summed E-state index contributed by atoms with van der Waals surface area (Å²) in [7, 11) is 1.65. The Labute approximate surface area is 115 Å². The molecule has 0 spiro atoms. The summed E-state index contributed by atoms with van der Waals surface area (Å²) in [6.07, 6.45) is 5.01. The molecule has 1 atom stereocenters. The molecule has 3 rings (SSSR count). The van der Waals surface area contributed by atoms with Gasteiger partial charge in [0.1, 0.15) is 5.75 Å². The predicted octanol–water partition coefficient (Wildman–Crippen LogP) is 2.51. The Bertz CT molecular complexity index is 415. The standard InChI is InChI=1S/C16H23NO2/c1-19-14-4-2-3-13(9-14)15(18)10-17-16(11-5-6-11)12-7-8-12/h2-4,9,11-12,15-18H,5-8,10H2,1H3. The van der Waals surface area contributed by atoms with Crippen molar-refractivity contribution < 1.29 is 9.84 Å². The van der Waals surface area contributed by atoms with Gasteiger partial charge in [0.2, 0.25) is 0 Å². The maximum atomic E-state index is 10.3. The van der Waals surface area contributed by atoms with E-state index < -0.39 is 6.10 Å². The Morgan fingerprint density at radius 1 is 1.26 bits per heavy atom. The molecular formula is C16H23NO2. The zero-order chi connectivity index (χ0) is 13.2. The van der Waals surface area contributed by atoms with Crippen molar-refractivity contribution in [3.63, 3.8) is 0 Å². The molecule has 0 bridgehead atoms. The minimum Gasteiger partial charge on any atom is -0.497 e. The van der Waals surface area contributed by atoms with Crippen molar-refractivity contribution >= 4 is 0 Å². The Morgan fingerprint density at radius 3 is 2.53 bits per heavy atom. The van der Waals surface area contributed by atoms with Crippen molar-refractivity contribution in [3.05, 3.63) is 29.8 Å². The van der Waals surface area contributed by atoms with Crippen LogP contribution in [0, 0.1) is 11.8 Å². The van der Waals surface area contributed by atoms with E-state index in [4.69, 9.17) is 4.74 Å². The topological polar surface area (TPSA) is 41.5 Å². The fourth-order valence-electron chi connectivity index (χ4n) is 2.84. The first kappa shape index (κ1) is 12.9. The van der Waals surface area contributed by atoms with Crippen molar-refractivity contribution in [2.75, 3.05) is 13.7 Å². The van der Waals surface area contributed by atoms with E-state index in [0.717, 1.165) is 23.1 Å². The van der Waals surface area contributed by atoms with Crippen LogP contribution in [0.2, 0.25) is 0 Å². The lowest BCUT2D eigenvalue weighted by molar-refractivity contribution is 0.165. The fraction of sp³-hybridized carbons (Fsp3) is 0.625. The average Bonchev–Trinajstić information content (AvgIpc) is 3.31. The first-order valence-electron chi connectivity index (χ1n) is 7.33. The van der Waals surface area contributed by atoms with Crippen LogP contribution in [0.4, 0.5) is 0 Å². The van der Waals surface area contributed by atoms with Crippen LogP contribution in [0.1, 0.15) is 37.4 Å². The van der Waals surface area contributed by atoms with Gasteiger partial charge in [-0.1, -0.05) is 12.1 Å². The quantitative estimate of drug-likeness (QED) is 0.792. The molecule has 0 heterocycles. The lowest BCUT2D eigenvalue weighted by Crippen LogP contribution is -2.36. The van der Waals surface area contributed by atoms with Crippen LogP contribution in [0.25, 0.3) is 0 Å². The smallest absolute Gasteiger partial charge is 0.119 e. The largest absolute Gasteiger partial charge is 0.497 e. The van der Waals surface area contributed by atoms with Gasteiger partial charge in [-0.3, -0.25) is 0 Å². The molecule has 2 N–H and O–H groups in total. The molecule has 0 radical (unpaired) electrons. The molecule has 1 unspecified atom stereocenters. The van der Waals surface area contributed by atoms with Crippen molar-refractivity contribution in [3.8, 4) is 5.75 Å². The van der Waals surface area contributed by atoms with E-state index in [0.29, 0.717) is 12.6 Å². The third-order valence-electron chi connectivity index (χ3n) is 4.29. The molecule has 2 aliphatic rings. The van der Waals surface area contributed by atoms with Gasteiger partial charge in [0.15, 0.2) is 0 Å². The van der Waals surface area contributed by atoms with Crippen molar-refractivity contribution in [2.24, 2.45) is 11.8 Å². The van der Waals surface area contributed by atoms with Gasteiger partial charge in [-0.25, -0.2) is 0 Å². The first-order chi connectivity index (χ1) is 9.28. The second-order valence-electron chi connectivity index (χ2n) is 5.90. The molecule has 0 amide bonds. The van der Waals surface area contributed by atoms with Gasteiger partial charge in [0, 0.05) is 12.6 Å². The van der Waals surface area contributed by atoms with E-state index in [1.54, 1.807) is 7.11 Å². The summed E-state index contributed by atoms with van der Waals surface area (Å²) in [6, 6.07) is 8.34. The lowest BCUT2D eigenvalue weighted by Gasteiger charge is -2.20. The molecule has 104 valence electrons. The molecule has 0 saturated heterocycles. The van der Waals surface area contributed by atoms with Crippen molar-refractivity contribution in [1.82, 2.24) is 5.32 Å². The van der Waals surface area contributed by atoms with Gasteiger partial charge < -0.3 is 15.2 Å². The molecule has 2 aliphatic carbocycles. The van der Waals surface area contributed by atoms with E-state index in [9.17, 15) is 5.11 Å². The number of hydrogen-bond acceptors (Lipinski definition) is 3. The molecule has 0 aromatic heterocycles. The summed E-state index contributed by atoms with van der Waals surface area (Å²) in [5.41, 5.74) is 0.928. The minimum atomic E-state index is -0.449. The minimum absolute atomic E-state index is 0.449. The predicted molar refractivity (Wildman–Crippen MR) is 75.2 cm³/mol. The number of aliphatic hydroxyl groups is 1. The number of benzene rings is 1. The van der Waals surface area contributed by atoms with Gasteiger partial charge in [-0.05, 0) is 55.2 Å². The zero-order valence-corrected chi connectivity index (χ0v) is 11.5. The highest BCUT2D eigenvalue weighted by molar-refractivity contribution is 5.29. The highest BCUT2D eigenvalue weighted by Crippen LogP contribution is 2.44. The molecule has 2 saturated carbocycles. The summed E-state index contributed by atoms with van der Waals surface area (Å²) >= 11 is 0. The van der Waals surface area contributed by atoms with Gasteiger partial charge in [0.25, 0.3) is 0 Å². The number of rotatable bonds is 7. The second kappa shape index (κ2) is 5.51. The van der Waals surface area contributed by atoms with Crippen LogP contribution >= 0.6 is 0 Å². The number of methoxy groups -OCH3 is 1. The monoisotopic (exact) mass is 261 g/mol. The fourth-order valence-corrected chi connectivity index (χ4v) is 2.84. The van der Waals surface area contributed by atoms with Gasteiger partial charge in [0.05, 0.1) is 13.2 Å². The zero-order valence-electron chi connectivity index (χ0n) is 11.5. The molecule has 1 aromatic carbocycles. The Kier molecular flexibility index (Phi) is 3.76. The number of hydrogen-bond donors (Lipinski definition) is 2. The summed E-state index contributed by atoms with van der Waals surface area (Å²) in [6.45, 7) is 0.644. The van der Waals surface area contributed by atoms with Crippen molar-refractivity contribution in [1.29, 1.82) is 0 Å². The average molecular weight is 261 g/mol. The molecular weight excluding hydrogens is 238 g/mol. The maximum Gasteiger partial charge on any atom is 0.119 e. The Morgan fingerprint density at radius 2 is 1.95 bits per heavy atom. The molecule has 0 aliphatic heterocycles. The van der Waals surface area contributed by atoms with Crippen LogP contribution in [0.3, 0.4) is 0 Å². The normalized spacial score (nSPS) is 20.6. The maximum absolute atomic E-state index is 10.3. The highest BCUT2D eigenvalue weighted by atomic mass is 16.5. The SMILES string of the molecule is COc1cccc(C(O)CNC(C2CC2)C2CC2)c1. The highest BCUT2D eigenvalue weighted by Gasteiger charge is 2.41. The summed E-state index contributed by atoms with van der Waals surface area (Å²) in [5, 5.41) is 13.9. The van der Waals surface area contributed by atoms with Gasteiger partial charge in [-0.15, -0.1) is 0 Å². The summed E-state index contributed by atoms with van der Waals surface area (Å²) in [4.78, 5) is 0. The van der Waals surface area contributed by atoms with Gasteiger partial charge in [-0.2, -0.15) is 0 Å². The molecule has 3 heteroatoms. The summed E-state index contributed by atoms with van der Waals surface area (Å²) < 4.78 is 5.20. The van der Waals surface area contributed by atoms with Gasteiger partial charge >= 0.3 is 0 Å². The van der Waals surface area contributed by atoms with Crippen LogP contribution in [-0.4, -0.2) is 24.8 Å². The third kappa shape index (κ3) is 3.28.